The van der Waals surface area contributed by atoms with Crippen LogP contribution >= 0.6 is 0 Å². The van der Waals surface area contributed by atoms with Crippen molar-refractivity contribution in [3.8, 4) is 0 Å². The molecule has 1 amide bonds. The van der Waals surface area contributed by atoms with Crippen LogP contribution in [0.1, 0.15) is 39.2 Å². The molecule has 1 aromatic carbocycles. The van der Waals surface area contributed by atoms with Crippen LogP contribution in [0.5, 0.6) is 0 Å². The molecule has 1 aliphatic heterocycles. The predicted molar refractivity (Wildman–Crippen MR) is 96.4 cm³/mol. The maximum atomic E-state index is 12.3. The van der Waals surface area contributed by atoms with E-state index in [2.05, 4.69) is 0 Å². The van der Waals surface area contributed by atoms with Crippen molar-refractivity contribution in [2.45, 2.75) is 51.7 Å². The van der Waals surface area contributed by atoms with E-state index in [1.54, 1.807) is 11.0 Å². The van der Waals surface area contributed by atoms with Gasteiger partial charge >= 0.3 is 12.1 Å². The van der Waals surface area contributed by atoms with Gasteiger partial charge in [-0.1, -0.05) is 42.5 Å². The molecule has 25 heavy (non-hydrogen) atoms. The fourth-order valence-corrected chi connectivity index (χ4v) is 2.91. The van der Waals surface area contributed by atoms with E-state index < -0.39 is 17.5 Å². The molecular weight excluding hydrogens is 318 g/mol. The van der Waals surface area contributed by atoms with E-state index in [1.807, 2.05) is 57.2 Å². The first-order valence-electron chi connectivity index (χ1n) is 8.71. The van der Waals surface area contributed by atoms with Crippen molar-refractivity contribution in [2.24, 2.45) is 5.92 Å². The zero-order chi connectivity index (χ0) is 18.4. The lowest BCUT2D eigenvalue weighted by Gasteiger charge is -2.27. The average Bonchev–Trinajstić information content (AvgIpc) is 2.99. The Morgan fingerprint density at radius 2 is 2.00 bits per heavy atom. The van der Waals surface area contributed by atoms with Crippen LogP contribution in [0.25, 0.3) is 0 Å². The Morgan fingerprint density at radius 3 is 2.60 bits per heavy atom. The van der Waals surface area contributed by atoms with Gasteiger partial charge < -0.3 is 14.7 Å². The maximum Gasteiger partial charge on any atom is 0.410 e. The number of aliphatic carboxylic acids is 1. The van der Waals surface area contributed by atoms with Crippen LogP contribution in [0.4, 0.5) is 4.79 Å². The summed E-state index contributed by atoms with van der Waals surface area (Å²) >= 11 is 0. The topological polar surface area (TPSA) is 66.8 Å². The summed E-state index contributed by atoms with van der Waals surface area (Å²) in [4.78, 5) is 25.5. The molecule has 0 aliphatic carbocycles. The fourth-order valence-electron chi connectivity index (χ4n) is 2.91. The largest absolute Gasteiger partial charge is 0.481 e. The molecule has 5 heteroatoms. The van der Waals surface area contributed by atoms with E-state index in [4.69, 9.17) is 4.74 Å². The van der Waals surface area contributed by atoms with E-state index in [1.165, 1.54) is 0 Å². The van der Waals surface area contributed by atoms with Gasteiger partial charge in [0.2, 0.25) is 0 Å². The molecule has 2 atom stereocenters. The third-order valence-corrected chi connectivity index (χ3v) is 4.11. The standard InChI is InChI=1S/C20H27NO4/c1-20(2,3)25-19(24)21-13-7-10-17(21)12-11-16(18(22)23)14-15-8-5-4-6-9-15/h4-6,8-9,11-12,16-17H,7,10,13-14H2,1-3H3,(H,22,23)/b12-11-/t16-,17-/m0/s1. The van der Waals surface area contributed by atoms with Crippen molar-refractivity contribution in [1.29, 1.82) is 0 Å². The maximum absolute atomic E-state index is 12.3. The number of carboxylic acid groups (broad SMARTS) is 1. The first-order chi connectivity index (χ1) is 11.8. The van der Waals surface area contributed by atoms with Crippen LogP contribution in [-0.2, 0) is 16.0 Å². The van der Waals surface area contributed by atoms with E-state index in [0.29, 0.717) is 13.0 Å². The summed E-state index contributed by atoms with van der Waals surface area (Å²) in [6.45, 7) is 6.16. The first-order valence-corrected chi connectivity index (χ1v) is 8.71. The predicted octanol–water partition coefficient (Wildman–Crippen LogP) is 3.89. The molecule has 1 fully saturated rings. The van der Waals surface area contributed by atoms with E-state index in [9.17, 15) is 14.7 Å². The van der Waals surface area contributed by atoms with Gasteiger partial charge in [-0.15, -0.1) is 0 Å². The molecule has 2 rings (SSSR count). The Bertz CT molecular complexity index is 618. The molecule has 0 aromatic heterocycles. The van der Waals surface area contributed by atoms with Crippen LogP contribution < -0.4 is 0 Å². The van der Waals surface area contributed by atoms with Gasteiger partial charge in [0.25, 0.3) is 0 Å². The molecule has 1 heterocycles. The van der Waals surface area contributed by atoms with Crippen molar-refractivity contribution in [3.63, 3.8) is 0 Å². The van der Waals surface area contributed by atoms with E-state index in [-0.39, 0.29) is 12.1 Å². The van der Waals surface area contributed by atoms with Crippen LogP contribution in [0.2, 0.25) is 0 Å². The molecule has 1 aromatic rings. The van der Waals surface area contributed by atoms with Crippen molar-refractivity contribution < 1.29 is 19.4 Å². The monoisotopic (exact) mass is 345 g/mol. The lowest BCUT2D eigenvalue weighted by Crippen LogP contribution is -2.39. The minimum atomic E-state index is -0.859. The van der Waals surface area contributed by atoms with Gasteiger partial charge in [0, 0.05) is 6.54 Å². The van der Waals surface area contributed by atoms with Crippen molar-refractivity contribution in [2.75, 3.05) is 6.54 Å². The molecule has 1 N–H and O–H groups in total. The van der Waals surface area contributed by atoms with Crippen LogP contribution in [0, 0.1) is 5.92 Å². The van der Waals surface area contributed by atoms with E-state index >= 15 is 0 Å². The van der Waals surface area contributed by atoms with Gasteiger partial charge in [0.1, 0.15) is 5.60 Å². The van der Waals surface area contributed by atoms with Crippen molar-refractivity contribution in [1.82, 2.24) is 4.90 Å². The van der Waals surface area contributed by atoms with E-state index in [0.717, 1.165) is 18.4 Å². The highest BCUT2D eigenvalue weighted by Gasteiger charge is 2.31. The van der Waals surface area contributed by atoms with Gasteiger partial charge in [-0.3, -0.25) is 4.79 Å². The minimum Gasteiger partial charge on any atom is -0.481 e. The summed E-state index contributed by atoms with van der Waals surface area (Å²) in [6.07, 6.45) is 5.38. The van der Waals surface area contributed by atoms with Gasteiger partial charge in [0.05, 0.1) is 12.0 Å². The molecule has 0 bridgehead atoms. The zero-order valence-electron chi connectivity index (χ0n) is 15.1. The van der Waals surface area contributed by atoms with Crippen LogP contribution in [-0.4, -0.2) is 40.3 Å². The number of carbonyl (C=O) groups is 2. The van der Waals surface area contributed by atoms with Crippen LogP contribution in [0.3, 0.4) is 0 Å². The summed E-state index contributed by atoms with van der Waals surface area (Å²) in [5, 5.41) is 9.48. The third-order valence-electron chi connectivity index (χ3n) is 4.11. The Kier molecular flexibility index (Phi) is 6.23. The van der Waals surface area contributed by atoms with Crippen molar-refractivity contribution >= 4 is 12.1 Å². The van der Waals surface area contributed by atoms with Gasteiger partial charge in [0.15, 0.2) is 0 Å². The number of likely N-dealkylation sites (tertiary alicyclic amines) is 1. The number of carbonyl (C=O) groups excluding carboxylic acids is 1. The van der Waals surface area contributed by atoms with Gasteiger partial charge in [-0.05, 0) is 45.6 Å². The fraction of sp³-hybridized carbons (Fsp3) is 0.500. The number of ether oxygens (including phenoxy) is 1. The molecule has 0 radical (unpaired) electrons. The number of carboxylic acids is 1. The molecule has 0 saturated carbocycles. The normalized spacial score (nSPS) is 19.2. The Labute approximate surface area is 149 Å². The molecule has 0 spiro atoms. The number of benzene rings is 1. The zero-order valence-corrected chi connectivity index (χ0v) is 15.1. The third kappa shape index (κ3) is 5.93. The highest BCUT2D eigenvalue weighted by atomic mass is 16.6. The second-order valence-electron chi connectivity index (χ2n) is 7.40. The lowest BCUT2D eigenvalue weighted by molar-refractivity contribution is -0.140. The number of hydrogen-bond acceptors (Lipinski definition) is 3. The Morgan fingerprint density at radius 1 is 1.32 bits per heavy atom. The molecule has 0 unspecified atom stereocenters. The Balaban J connectivity index is 2.03. The number of nitrogens with zero attached hydrogens (tertiary/aromatic N) is 1. The molecule has 5 nitrogen and oxygen atoms in total. The average molecular weight is 345 g/mol. The summed E-state index contributed by atoms with van der Waals surface area (Å²) in [7, 11) is 0. The second kappa shape index (κ2) is 8.19. The first kappa shape index (κ1) is 19.0. The number of rotatable bonds is 5. The Hall–Kier alpha value is -2.30. The summed E-state index contributed by atoms with van der Waals surface area (Å²) in [5.74, 6) is -1.47. The van der Waals surface area contributed by atoms with Gasteiger partial charge in [-0.2, -0.15) is 0 Å². The number of hydrogen-bond donors (Lipinski definition) is 1. The summed E-state index contributed by atoms with van der Waals surface area (Å²) < 4.78 is 5.44. The smallest absolute Gasteiger partial charge is 0.410 e. The molecule has 1 saturated heterocycles. The lowest BCUT2D eigenvalue weighted by atomic mass is 9.98. The van der Waals surface area contributed by atoms with Gasteiger partial charge in [-0.25, -0.2) is 4.79 Å². The molecule has 136 valence electrons. The number of amides is 1. The second-order valence-corrected chi connectivity index (χ2v) is 7.40. The molecular formula is C20H27NO4. The SMILES string of the molecule is CC(C)(C)OC(=O)N1CCC[C@H]1/C=C\[C@@H](Cc1ccccc1)C(=O)O. The summed E-state index contributed by atoms with van der Waals surface area (Å²) in [5.41, 5.74) is 0.445. The molecule has 1 aliphatic rings. The van der Waals surface area contributed by atoms with Crippen molar-refractivity contribution in [3.05, 3.63) is 48.0 Å². The highest BCUT2D eigenvalue weighted by Crippen LogP contribution is 2.22. The van der Waals surface area contributed by atoms with Crippen LogP contribution in [0.15, 0.2) is 42.5 Å². The summed E-state index contributed by atoms with van der Waals surface area (Å²) in [6, 6.07) is 9.45. The quantitative estimate of drug-likeness (QED) is 0.822. The highest BCUT2D eigenvalue weighted by molar-refractivity contribution is 5.73. The minimum absolute atomic E-state index is 0.104.